The molecule has 0 aromatic rings. The lowest BCUT2D eigenvalue weighted by atomic mass is 9.63. The average molecular weight is 255 g/mol. The fraction of sp³-hybridized carbons (Fsp3) is 0.750. The zero-order chi connectivity index (χ0) is 13.8. The predicted molar refractivity (Wildman–Crippen MR) is 60.8 cm³/mol. The number of amides is 1. The van der Waals surface area contributed by atoms with Crippen LogP contribution in [0, 0.1) is 10.8 Å². The lowest BCUT2D eigenvalue weighted by Gasteiger charge is -2.35. The standard InChI is InChI=1S/C12H17NO5/c1-3-10(4-2)7(14)13-12(8(15)16,9(17)18)11(10)5-6-11/h3-6H2,1-2H3,(H,13,14)(H,15,16)(H,17,18). The Bertz CT molecular complexity index is 420. The molecule has 0 bridgehead atoms. The van der Waals surface area contributed by atoms with Gasteiger partial charge >= 0.3 is 11.9 Å². The van der Waals surface area contributed by atoms with E-state index in [1.807, 2.05) is 13.8 Å². The SMILES string of the molecule is CCC1(CC)C(=O)NC(C(=O)O)(C(=O)O)C12CC2. The summed E-state index contributed by atoms with van der Waals surface area (Å²) < 4.78 is 0. The first kappa shape index (κ1) is 12.9. The number of carboxylic acids is 2. The molecule has 18 heavy (non-hydrogen) atoms. The van der Waals surface area contributed by atoms with Crippen LogP contribution in [0.2, 0.25) is 0 Å². The smallest absolute Gasteiger partial charge is 0.341 e. The highest BCUT2D eigenvalue weighted by Crippen LogP contribution is 2.70. The second-order valence-corrected chi connectivity index (χ2v) is 5.19. The molecular weight excluding hydrogens is 238 g/mol. The Morgan fingerprint density at radius 1 is 1.17 bits per heavy atom. The Kier molecular flexibility index (Phi) is 2.47. The maximum Gasteiger partial charge on any atom is 0.341 e. The summed E-state index contributed by atoms with van der Waals surface area (Å²) in [7, 11) is 0. The van der Waals surface area contributed by atoms with Crippen molar-refractivity contribution in [2.75, 3.05) is 0 Å². The molecule has 1 spiro atoms. The highest BCUT2D eigenvalue weighted by atomic mass is 16.4. The lowest BCUT2D eigenvalue weighted by molar-refractivity contribution is -0.163. The van der Waals surface area contributed by atoms with E-state index in [0.29, 0.717) is 25.7 Å². The molecule has 3 N–H and O–H groups in total. The number of aliphatic carboxylic acids is 2. The Balaban J connectivity index is 2.65. The number of carbonyl (C=O) groups is 3. The molecule has 6 nitrogen and oxygen atoms in total. The highest BCUT2D eigenvalue weighted by Gasteiger charge is 2.82. The van der Waals surface area contributed by atoms with Gasteiger partial charge in [0, 0.05) is 5.41 Å². The number of hydrogen-bond acceptors (Lipinski definition) is 3. The van der Waals surface area contributed by atoms with Gasteiger partial charge in [-0.15, -0.1) is 0 Å². The molecule has 6 heteroatoms. The molecule has 1 aliphatic heterocycles. The summed E-state index contributed by atoms with van der Waals surface area (Å²) in [6.45, 7) is 3.62. The van der Waals surface area contributed by atoms with Crippen LogP contribution < -0.4 is 5.32 Å². The molecule has 2 fully saturated rings. The van der Waals surface area contributed by atoms with E-state index >= 15 is 0 Å². The second-order valence-electron chi connectivity index (χ2n) is 5.19. The van der Waals surface area contributed by atoms with Crippen LogP contribution in [0.25, 0.3) is 0 Å². The summed E-state index contributed by atoms with van der Waals surface area (Å²) in [6.07, 6.45) is 1.84. The average Bonchev–Trinajstić information content (AvgIpc) is 3.04. The summed E-state index contributed by atoms with van der Waals surface area (Å²) >= 11 is 0. The largest absolute Gasteiger partial charge is 0.479 e. The van der Waals surface area contributed by atoms with E-state index < -0.39 is 34.2 Å². The monoisotopic (exact) mass is 255 g/mol. The Labute approximate surface area is 104 Å². The molecule has 1 saturated heterocycles. The molecule has 1 heterocycles. The van der Waals surface area contributed by atoms with Crippen LogP contribution in [0.5, 0.6) is 0 Å². The van der Waals surface area contributed by atoms with Gasteiger partial charge in [-0.05, 0) is 25.7 Å². The Hall–Kier alpha value is -1.59. The normalized spacial score (nSPS) is 25.8. The van der Waals surface area contributed by atoms with Gasteiger partial charge in [0.15, 0.2) is 0 Å². The van der Waals surface area contributed by atoms with E-state index in [1.165, 1.54) is 0 Å². The minimum atomic E-state index is -2.16. The van der Waals surface area contributed by atoms with Crippen molar-refractivity contribution in [1.82, 2.24) is 5.32 Å². The van der Waals surface area contributed by atoms with Gasteiger partial charge in [-0.25, -0.2) is 9.59 Å². The topological polar surface area (TPSA) is 104 Å². The minimum absolute atomic E-state index is 0.435. The summed E-state index contributed by atoms with van der Waals surface area (Å²) in [4.78, 5) is 35.2. The lowest BCUT2D eigenvalue weighted by Crippen LogP contribution is -2.60. The zero-order valence-corrected chi connectivity index (χ0v) is 10.4. The third-order valence-electron chi connectivity index (χ3n) is 4.97. The third kappa shape index (κ3) is 1.02. The maximum atomic E-state index is 12.2. The molecule has 0 atom stereocenters. The van der Waals surface area contributed by atoms with Crippen LogP contribution in [-0.2, 0) is 14.4 Å². The first-order chi connectivity index (χ1) is 8.34. The molecule has 1 amide bonds. The Morgan fingerprint density at radius 3 is 1.89 bits per heavy atom. The van der Waals surface area contributed by atoms with Crippen LogP contribution in [0.1, 0.15) is 39.5 Å². The van der Waals surface area contributed by atoms with Crippen molar-refractivity contribution < 1.29 is 24.6 Å². The first-order valence-electron chi connectivity index (χ1n) is 6.14. The quantitative estimate of drug-likeness (QED) is 0.638. The molecule has 0 aromatic carbocycles. The van der Waals surface area contributed by atoms with Gasteiger partial charge in [0.05, 0.1) is 5.41 Å². The van der Waals surface area contributed by atoms with E-state index in [2.05, 4.69) is 5.32 Å². The van der Waals surface area contributed by atoms with Crippen LogP contribution in [0.15, 0.2) is 0 Å². The van der Waals surface area contributed by atoms with Gasteiger partial charge in [0.2, 0.25) is 11.4 Å². The molecule has 0 radical (unpaired) electrons. The number of nitrogens with one attached hydrogen (secondary N) is 1. The van der Waals surface area contributed by atoms with Crippen molar-refractivity contribution in [1.29, 1.82) is 0 Å². The highest BCUT2D eigenvalue weighted by molar-refractivity contribution is 6.12. The van der Waals surface area contributed by atoms with E-state index in [9.17, 15) is 24.6 Å². The molecule has 0 aromatic heterocycles. The van der Waals surface area contributed by atoms with Crippen molar-refractivity contribution in [2.24, 2.45) is 10.8 Å². The summed E-state index contributed by atoms with van der Waals surface area (Å²) in [5, 5.41) is 21.0. The molecular formula is C12H17NO5. The van der Waals surface area contributed by atoms with Crippen molar-refractivity contribution in [3.05, 3.63) is 0 Å². The second kappa shape index (κ2) is 3.46. The molecule has 1 aliphatic carbocycles. The molecule has 2 aliphatic rings. The molecule has 2 rings (SSSR count). The predicted octanol–water partition coefficient (Wildman–Crippen LogP) is 0.611. The fourth-order valence-electron chi connectivity index (χ4n) is 3.82. The van der Waals surface area contributed by atoms with Crippen molar-refractivity contribution in [2.45, 2.75) is 45.1 Å². The number of carbonyl (C=O) groups excluding carboxylic acids is 1. The zero-order valence-electron chi connectivity index (χ0n) is 10.4. The molecule has 1 saturated carbocycles. The van der Waals surface area contributed by atoms with Gasteiger partial charge in [0.1, 0.15) is 0 Å². The van der Waals surface area contributed by atoms with Crippen LogP contribution in [0.3, 0.4) is 0 Å². The Morgan fingerprint density at radius 2 is 1.61 bits per heavy atom. The van der Waals surface area contributed by atoms with Crippen molar-refractivity contribution in [3.63, 3.8) is 0 Å². The summed E-state index contributed by atoms with van der Waals surface area (Å²) in [5.41, 5.74) is -4.00. The van der Waals surface area contributed by atoms with Gasteiger partial charge < -0.3 is 15.5 Å². The molecule has 100 valence electrons. The van der Waals surface area contributed by atoms with E-state index in [-0.39, 0.29) is 0 Å². The minimum Gasteiger partial charge on any atom is -0.479 e. The number of hydrogen-bond donors (Lipinski definition) is 3. The van der Waals surface area contributed by atoms with E-state index in [1.54, 1.807) is 0 Å². The maximum absolute atomic E-state index is 12.2. The number of carboxylic acid groups (broad SMARTS) is 2. The van der Waals surface area contributed by atoms with E-state index in [0.717, 1.165) is 0 Å². The van der Waals surface area contributed by atoms with Gasteiger partial charge in [-0.1, -0.05) is 13.8 Å². The van der Waals surface area contributed by atoms with Crippen molar-refractivity contribution >= 4 is 17.8 Å². The van der Waals surface area contributed by atoms with Gasteiger partial charge in [-0.3, -0.25) is 4.79 Å². The van der Waals surface area contributed by atoms with Gasteiger partial charge in [-0.2, -0.15) is 0 Å². The van der Waals surface area contributed by atoms with Crippen LogP contribution in [0.4, 0.5) is 0 Å². The summed E-state index contributed by atoms with van der Waals surface area (Å²) in [5.74, 6) is -3.37. The third-order valence-corrected chi connectivity index (χ3v) is 4.97. The first-order valence-corrected chi connectivity index (χ1v) is 6.14. The molecule has 0 unspecified atom stereocenters. The number of rotatable bonds is 4. The van der Waals surface area contributed by atoms with Crippen molar-refractivity contribution in [3.8, 4) is 0 Å². The van der Waals surface area contributed by atoms with E-state index in [4.69, 9.17) is 0 Å². The van der Waals surface area contributed by atoms with Crippen LogP contribution >= 0.6 is 0 Å². The van der Waals surface area contributed by atoms with Crippen LogP contribution in [-0.4, -0.2) is 33.6 Å². The fourth-order valence-corrected chi connectivity index (χ4v) is 3.82. The summed E-state index contributed by atoms with van der Waals surface area (Å²) in [6, 6.07) is 0. The van der Waals surface area contributed by atoms with Gasteiger partial charge in [0.25, 0.3) is 0 Å².